The number of carbonyl (C=O) groups excluding carboxylic acids is 3. The standard InChI is InChI=1S/C23H18F3N3O3/c24-23(25,26)17-11-9-15(10-12-17)21(31)28-13-20(30)14-5-7-16(8-6-14)22(32)29-19-4-2-1-3-18(19)27/h1-12H,13,27H2,(H,28,31)(H,29,32). The van der Waals surface area contributed by atoms with Gasteiger partial charge in [0.15, 0.2) is 5.78 Å². The largest absolute Gasteiger partial charge is 0.416 e. The van der Waals surface area contributed by atoms with Crippen molar-refractivity contribution in [2.45, 2.75) is 6.18 Å². The van der Waals surface area contributed by atoms with Crippen LogP contribution >= 0.6 is 0 Å². The van der Waals surface area contributed by atoms with Crippen LogP contribution in [-0.4, -0.2) is 24.1 Å². The van der Waals surface area contributed by atoms with Crippen LogP contribution in [0.15, 0.2) is 72.8 Å². The van der Waals surface area contributed by atoms with Gasteiger partial charge in [-0.25, -0.2) is 0 Å². The minimum atomic E-state index is -4.50. The van der Waals surface area contributed by atoms with Crippen LogP contribution < -0.4 is 16.4 Å². The molecule has 0 atom stereocenters. The first kappa shape index (κ1) is 22.5. The lowest BCUT2D eigenvalue weighted by Crippen LogP contribution is -2.29. The van der Waals surface area contributed by atoms with Crippen molar-refractivity contribution in [3.8, 4) is 0 Å². The molecule has 0 aliphatic rings. The van der Waals surface area contributed by atoms with Crippen LogP contribution in [0.4, 0.5) is 24.5 Å². The van der Waals surface area contributed by atoms with Crippen LogP contribution in [0.3, 0.4) is 0 Å². The van der Waals surface area contributed by atoms with Crippen LogP contribution in [0.5, 0.6) is 0 Å². The molecule has 3 rings (SSSR count). The van der Waals surface area contributed by atoms with Gasteiger partial charge in [-0.3, -0.25) is 14.4 Å². The maximum atomic E-state index is 12.6. The van der Waals surface area contributed by atoms with Gasteiger partial charge in [-0.2, -0.15) is 13.2 Å². The highest BCUT2D eigenvalue weighted by molar-refractivity contribution is 6.07. The number of halogens is 3. The highest BCUT2D eigenvalue weighted by atomic mass is 19.4. The number of para-hydroxylation sites is 2. The summed E-state index contributed by atoms with van der Waals surface area (Å²) in [6, 6.07) is 16.2. The smallest absolute Gasteiger partial charge is 0.397 e. The fourth-order valence-corrected chi connectivity index (χ4v) is 2.79. The molecule has 3 aromatic rings. The summed E-state index contributed by atoms with van der Waals surface area (Å²) in [5.74, 6) is -1.51. The number of carbonyl (C=O) groups is 3. The van der Waals surface area contributed by atoms with Crippen LogP contribution in [0.2, 0.25) is 0 Å². The van der Waals surface area contributed by atoms with E-state index in [9.17, 15) is 27.6 Å². The molecule has 6 nitrogen and oxygen atoms in total. The van der Waals surface area contributed by atoms with Crippen molar-refractivity contribution < 1.29 is 27.6 Å². The van der Waals surface area contributed by atoms with Crippen molar-refractivity contribution in [2.75, 3.05) is 17.6 Å². The van der Waals surface area contributed by atoms with Crippen molar-refractivity contribution >= 4 is 29.0 Å². The highest BCUT2D eigenvalue weighted by Gasteiger charge is 2.30. The average Bonchev–Trinajstić information content (AvgIpc) is 2.78. The van der Waals surface area contributed by atoms with Gasteiger partial charge in [0.1, 0.15) is 0 Å². The number of nitrogen functional groups attached to an aromatic ring is 1. The van der Waals surface area contributed by atoms with Crippen LogP contribution in [0.1, 0.15) is 36.6 Å². The van der Waals surface area contributed by atoms with Gasteiger partial charge in [-0.05, 0) is 48.5 Å². The Bertz CT molecular complexity index is 1140. The molecule has 3 aromatic carbocycles. The molecule has 0 aliphatic heterocycles. The molecular formula is C23H18F3N3O3. The quantitative estimate of drug-likeness (QED) is 0.395. The van der Waals surface area contributed by atoms with E-state index in [1.807, 2.05) is 0 Å². The fourth-order valence-electron chi connectivity index (χ4n) is 2.79. The fraction of sp³-hybridized carbons (Fsp3) is 0.0870. The number of nitrogens with one attached hydrogen (secondary N) is 2. The molecule has 0 aliphatic carbocycles. The Hall–Kier alpha value is -4.14. The van der Waals surface area contributed by atoms with Gasteiger partial charge in [0, 0.05) is 16.7 Å². The summed E-state index contributed by atoms with van der Waals surface area (Å²) in [7, 11) is 0. The molecule has 0 bridgehead atoms. The number of alkyl halides is 3. The molecular weight excluding hydrogens is 423 g/mol. The van der Waals surface area contributed by atoms with E-state index in [0.717, 1.165) is 24.3 Å². The summed E-state index contributed by atoms with van der Waals surface area (Å²) >= 11 is 0. The average molecular weight is 441 g/mol. The molecule has 0 saturated heterocycles. The molecule has 0 saturated carbocycles. The van der Waals surface area contributed by atoms with E-state index in [1.54, 1.807) is 24.3 Å². The molecule has 0 fully saturated rings. The second-order valence-corrected chi connectivity index (χ2v) is 6.80. The van der Waals surface area contributed by atoms with Gasteiger partial charge >= 0.3 is 6.18 Å². The second-order valence-electron chi connectivity index (χ2n) is 6.80. The SMILES string of the molecule is Nc1ccccc1NC(=O)c1ccc(C(=O)CNC(=O)c2ccc(C(F)(F)F)cc2)cc1. The summed E-state index contributed by atoms with van der Waals surface area (Å²) in [6.07, 6.45) is -4.50. The molecule has 0 heterocycles. The van der Waals surface area contributed by atoms with Crippen molar-refractivity contribution in [1.29, 1.82) is 0 Å². The number of hydrogen-bond acceptors (Lipinski definition) is 4. The number of hydrogen-bond donors (Lipinski definition) is 3. The number of benzene rings is 3. The first-order valence-corrected chi connectivity index (χ1v) is 9.40. The van der Waals surface area contributed by atoms with Gasteiger partial charge in [0.05, 0.1) is 23.5 Å². The van der Waals surface area contributed by atoms with E-state index in [1.165, 1.54) is 24.3 Å². The Morgan fingerprint density at radius 1 is 0.750 bits per heavy atom. The number of Topliss-reactive ketones (excluding diaryl/α,β-unsaturated/α-hetero) is 1. The molecule has 0 spiro atoms. The zero-order valence-corrected chi connectivity index (χ0v) is 16.6. The van der Waals surface area contributed by atoms with Gasteiger partial charge in [0.2, 0.25) is 0 Å². The molecule has 0 radical (unpaired) electrons. The third-order valence-corrected chi connectivity index (χ3v) is 4.56. The van der Waals surface area contributed by atoms with E-state index in [2.05, 4.69) is 10.6 Å². The molecule has 0 aromatic heterocycles. The van der Waals surface area contributed by atoms with Crippen LogP contribution in [0.25, 0.3) is 0 Å². The predicted octanol–water partition coefficient (Wildman–Crippen LogP) is 4.15. The Morgan fingerprint density at radius 2 is 1.28 bits per heavy atom. The number of rotatable bonds is 6. The summed E-state index contributed by atoms with van der Waals surface area (Å²) in [6.45, 7) is -0.355. The normalized spacial score (nSPS) is 11.0. The van der Waals surface area contributed by atoms with Crippen molar-refractivity contribution in [3.05, 3.63) is 95.1 Å². The van der Waals surface area contributed by atoms with Gasteiger partial charge < -0.3 is 16.4 Å². The van der Waals surface area contributed by atoms with E-state index in [-0.39, 0.29) is 17.7 Å². The number of amides is 2. The van der Waals surface area contributed by atoms with E-state index in [0.29, 0.717) is 16.9 Å². The van der Waals surface area contributed by atoms with Gasteiger partial charge in [-0.1, -0.05) is 24.3 Å². The Kier molecular flexibility index (Phi) is 6.58. The molecule has 32 heavy (non-hydrogen) atoms. The summed E-state index contributed by atoms with van der Waals surface area (Å²) in [4.78, 5) is 36.7. The molecule has 164 valence electrons. The maximum Gasteiger partial charge on any atom is 0.416 e. The predicted molar refractivity (Wildman–Crippen MR) is 113 cm³/mol. The first-order chi connectivity index (χ1) is 15.1. The third-order valence-electron chi connectivity index (χ3n) is 4.56. The minimum Gasteiger partial charge on any atom is -0.397 e. The zero-order chi connectivity index (χ0) is 23.3. The Labute approximate surface area is 181 Å². The van der Waals surface area contributed by atoms with Crippen molar-refractivity contribution in [1.82, 2.24) is 5.32 Å². The lowest BCUT2D eigenvalue weighted by Gasteiger charge is -2.09. The van der Waals surface area contributed by atoms with Crippen LogP contribution in [0, 0.1) is 0 Å². The maximum absolute atomic E-state index is 12.6. The lowest BCUT2D eigenvalue weighted by molar-refractivity contribution is -0.137. The van der Waals surface area contributed by atoms with Crippen LogP contribution in [-0.2, 0) is 6.18 Å². The minimum absolute atomic E-state index is 0.00185. The second kappa shape index (κ2) is 9.34. The van der Waals surface area contributed by atoms with Gasteiger partial charge in [0.25, 0.3) is 11.8 Å². The number of anilines is 2. The first-order valence-electron chi connectivity index (χ1n) is 9.40. The molecule has 2 amide bonds. The molecule has 9 heteroatoms. The number of ketones is 1. The monoisotopic (exact) mass is 441 g/mol. The number of nitrogens with two attached hydrogens (primary N) is 1. The van der Waals surface area contributed by atoms with Crippen molar-refractivity contribution in [2.24, 2.45) is 0 Å². The third kappa shape index (κ3) is 5.51. The Morgan fingerprint density at radius 3 is 1.88 bits per heavy atom. The Balaban J connectivity index is 1.57. The van der Waals surface area contributed by atoms with E-state index >= 15 is 0 Å². The highest BCUT2D eigenvalue weighted by Crippen LogP contribution is 2.29. The zero-order valence-electron chi connectivity index (χ0n) is 16.6. The molecule has 4 N–H and O–H groups in total. The lowest BCUT2D eigenvalue weighted by atomic mass is 10.1. The summed E-state index contributed by atoms with van der Waals surface area (Å²) in [5.41, 5.74) is 6.36. The van der Waals surface area contributed by atoms with E-state index < -0.39 is 29.3 Å². The topological polar surface area (TPSA) is 101 Å². The summed E-state index contributed by atoms with van der Waals surface area (Å²) in [5, 5.41) is 5.04. The van der Waals surface area contributed by atoms with Gasteiger partial charge in [-0.15, -0.1) is 0 Å². The van der Waals surface area contributed by atoms with E-state index in [4.69, 9.17) is 5.73 Å². The summed E-state index contributed by atoms with van der Waals surface area (Å²) < 4.78 is 37.8. The van der Waals surface area contributed by atoms with Crippen molar-refractivity contribution in [3.63, 3.8) is 0 Å². The molecule has 0 unspecified atom stereocenters.